The van der Waals surface area contributed by atoms with Gasteiger partial charge in [-0.1, -0.05) is 24.6 Å². The second kappa shape index (κ2) is 6.68. The molecule has 19 heavy (non-hydrogen) atoms. The molecule has 1 heterocycles. The van der Waals surface area contributed by atoms with Crippen LogP contribution in [0.25, 0.3) is 0 Å². The van der Waals surface area contributed by atoms with Crippen LogP contribution in [0, 0.1) is 0 Å². The van der Waals surface area contributed by atoms with Gasteiger partial charge in [-0.25, -0.2) is 0 Å². The lowest BCUT2D eigenvalue weighted by molar-refractivity contribution is -0.128. The summed E-state index contributed by atoms with van der Waals surface area (Å²) in [5.74, 6) is 0.841. The lowest BCUT2D eigenvalue weighted by atomic mass is 9.95. The number of ether oxygens (including phenoxy) is 1. The highest BCUT2D eigenvalue weighted by Crippen LogP contribution is 2.27. The molecule has 0 saturated heterocycles. The fourth-order valence-electron chi connectivity index (χ4n) is 2.41. The number of hydrogen-bond acceptors (Lipinski definition) is 4. The molecule has 0 spiro atoms. The van der Waals surface area contributed by atoms with Gasteiger partial charge in [-0.2, -0.15) is 0 Å². The summed E-state index contributed by atoms with van der Waals surface area (Å²) >= 11 is 0. The molecule has 1 aliphatic heterocycles. The van der Waals surface area contributed by atoms with E-state index >= 15 is 0 Å². The van der Waals surface area contributed by atoms with Gasteiger partial charge >= 0.3 is 0 Å². The summed E-state index contributed by atoms with van der Waals surface area (Å²) < 4.78 is 5.77. The van der Waals surface area contributed by atoms with Crippen LogP contribution in [0.4, 0.5) is 0 Å². The number of ketones is 1. The first kappa shape index (κ1) is 14.0. The quantitative estimate of drug-likeness (QED) is 0.760. The lowest BCUT2D eigenvalue weighted by Gasteiger charge is -2.26. The second-order valence-corrected chi connectivity index (χ2v) is 5.05. The zero-order valence-corrected chi connectivity index (χ0v) is 11.2. The Kier molecular flexibility index (Phi) is 4.93. The first-order chi connectivity index (χ1) is 9.22. The molecule has 0 amide bonds. The minimum Gasteiger partial charge on any atom is -0.482 e. The average Bonchev–Trinajstić information content (AvgIpc) is 2.46. The van der Waals surface area contributed by atoms with Crippen LogP contribution in [0.5, 0.6) is 5.75 Å². The highest BCUT2D eigenvalue weighted by atomic mass is 16.5. The third-order valence-corrected chi connectivity index (χ3v) is 3.57. The van der Waals surface area contributed by atoms with Crippen molar-refractivity contribution in [3.05, 3.63) is 29.8 Å². The number of Topliss-reactive ketones (excluding diaryl/α,β-unsaturated/α-hetero) is 1. The van der Waals surface area contributed by atoms with Gasteiger partial charge < -0.3 is 16.2 Å². The van der Waals surface area contributed by atoms with E-state index in [-0.39, 0.29) is 11.9 Å². The Morgan fingerprint density at radius 2 is 2.16 bits per heavy atom. The Hall–Kier alpha value is -1.39. The summed E-state index contributed by atoms with van der Waals surface area (Å²) in [5, 5.41) is 0. The monoisotopic (exact) mass is 262 g/mol. The predicted molar refractivity (Wildman–Crippen MR) is 75.1 cm³/mol. The summed E-state index contributed by atoms with van der Waals surface area (Å²) in [6, 6.07) is 7.43. The third-order valence-electron chi connectivity index (χ3n) is 3.57. The van der Waals surface area contributed by atoms with Gasteiger partial charge in [0.15, 0.2) is 11.9 Å². The summed E-state index contributed by atoms with van der Waals surface area (Å²) in [7, 11) is 0. The van der Waals surface area contributed by atoms with Crippen LogP contribution < -0.4 is 16.2 Å². The molecule has 0 saturated carbocycles. The van der Waals surface area contributed by atoms with Crippen molar-refractivity contribution in [1.82, 2.24) is 0 Å². The fraction of sp³-hybridized carbons (Fsp3) is 0.533. The van der Waals surface area contributed by atoms with E-state index in [1.165, 1.54) is 5.56 Å². The molecule has 0 fully saturated rings. The highest BCUT2D eigenvalue weighted by molar-refractivity contribution is 5.88. The van der Waals surface area contributed by atoms with Gasteiger partial charge in [0.1, 0.15) is 5.75 Å². The molecular weight excluding hydrogens is 240 g/mol. The van der Waals surface area contributed by atoms with Gasteiger partial charge in [0.25, 0.3) is 0 Å². The smallest absolute Gasteiger partial charge is 0.189 e. The number of fused-ring (bicyclic) bond motifs is 1. The molecule has 4 heteroatoms. The Labute approximate surface area is 114 Å². The van der Waals surface area contributed by atoms with Crippen LogP contribution in [0.2, 0.25) is 0 Å². The minimum absolute atomic E-state index is 0.0199. The first-order valence-electron chi connectivity index (χ1n) is 6.96. The largest absolute Gasteiger partial charge is 0.482 e. The van der Waals surface area contributed by atoms with Crippen molar-refractivity contribution in [3.63, 3.8) is 0 Å². The molecule has 0 aliphatic carbocycles. The van der Waals surface area contributed by atoms with E-state index in [2.05, 4.69) is 0 Å². The number of benzene rings is 1. The molecule has 104 valence electrons. The number of para-hydroxylation sites is 1. The number of carbonyl (C=O) groups excluding carboxylic acids is 1. The van der Waals surface area contributed by atoms with Crippen LogP contribution in [-0.4, -0.2) is 24.5 Å². The molecule has 1 aliphatic rings. The molecule has 4 nitrogen and oxygen atoms in total. The van der Waals surface area contributed by atoms with Gasteiger partial charge in [-0.3, -0.25) is 4.79 Å². The predicted octanol–water partition coefficient (Wildman–Crippen LogP) is 1.41. The van der Waals surface area contributed by atoms with Crippen molar-refractivity contribution in [1.29, 1.82) is 0 Å². The Morgan fingerprint density at radius 1 is 1.37 bits per heavy atom. The summed E-state index contributed by atoms with van der Waals surface area (Å²) in [6.07, 6.45) is 3.71. The molecule has 2 atom stereocenters. The number of hydrogen-bond donors (Lipinski definition) is 2. The van der Waals surface area contributed by atoms with Crippen LogP contribution >= 0.6 is 0 Å². The van der Waals surface area contributed by atoms with Gasteiger partial charge in [0.05, 0.1) is 6.04 Å². The van der Waals surface area contributed by atoms with Crippen LogP contribution in [0.15, 0.2) is 24.3 Å². The van der Waals surface area contributed by atoms with E-state index in [1.54, 1.807) is 0 Å². The third kappa shape index (κ3) is 3.55. The maximum absolute atomic E-state index is 12.2. The Balaban J connectivity index is 1.91. The summed E-state index contributed by atoms with van der Waals surface area (Å²) in [6.45, 7) is 0.647. The van der Waals surface area contributed by atoms with Crippen molar-refractivity contribution in [3.8, 4) is 5.75 Å². The maximum atomic E-state index is 12.2. The molecule has 1 aromatic rings. The first-order valence-corrected chi connectivity index (χ1v) is 6.96. The minimum atomic E-state index is -0.429. The topological polar surface area (TPSA) is 78.3 Å². The van der Waals surface area contributed by atoms with E-state index in [4.69, 9.17) is 16.2 Å². The van der Waals surface area contributed by atoms with Crippen molar-refractivity contribution in [2.24, 2.45) is 11.5 Å². The average molecular weight is 262 g/mol. The SMILES string of the molecule is NCCCCC(N)C(=O)C1CCc2ccccc2O1. The molecule has 2 unspecified atom stereocenters. The maximum Gasteiger partial charge on any atom is 0.189 e. The van der Waals surface area contributed by atoms with E-state index in [0.29, 0.717) is 13.0 Å². The number of aryl methyl sites for hydroxylation is 1. The van der Waals surface area contributed by atoms with Crippen molar-refractivity contribution in [2.75, 3.05) is 6.54 Å². The molecule has 4 N–H and O–H groups in total. The number of unbranched alkanes of at least 4 members (excludes halogenated alkanes) is 1. The van der Waals surface area contributed by atoms with Crippen LogP contribution in [0.1, 0.15) is 31.2 Å². The van der Waals surface area contributed by atoms with E-state index in [9.17, 15) is 4.79 Å². The van der Waals surface area contributed by atoms with E-state index in [0.717, 1.165) is 31.4 Å². The van der Waals surface area contributed by atoms with Gasteiger partial charge in [-0.15, -0.1) is 0 Å². The number of rotatable bonds is 6. The molecule has 0 bridgehead atoms. The summed E-state index contributed by atoms with van der Waals surface area (Å²) in [4.78, 5) is 12.2. The van der Waals surface area contributed by atoms with Crippen molar-refractivity contribution in [2.45, 2.75) is 44.2 Å². The van der Waals surface area contributed by atoms with E-state index in [1.807, 2.05) is 24.3 Å². The molecule has 0 radical (unpaired) electrons. The number of carbonyl (C=O) groups is 1. The van der Waals surface area contributed by atoms with Crippen molar-refractivity contribution >= 4 is 5.78 Å². The second-order valence-electron chi connectivity index (χ2n) is 5.05. The Bertz CT molecular complexity index is 434. The standard InChI is InChI=1S/C15H22N2O2/c16-10-4-3-6-12(17)15(18)14-9-8-11-5-1-2-7-13(11)19-14/h1-2,5,7,12,14H,3-4,6,8-10,16-17H2. The molecule has 0 aromatic heterocycles. The highest BCUT2D eigenvalue weighted by Gasteiger charge is 2.29. The zero-order chi connectivity index (χ0) is 13.7. The number of nitrogens with two attached hydrogens (primary N) is 2. The van der Waals surface area contributed by atoms with Gasteiger partial charge in [0.2, 0.25) is 0 Å². The summed E-state index contributed by atoms with van der Waals surface area (Å²) in [5.41, 5.74) is 12.5. The molecule has 1 aromatic carbocycles. The normalized spacial score (nSPS) is 19.4. The fourth-order valence-corrected chi connectivity index (χ4v) is 2.41. The van der Waals surface area contributed by atoms with E-state index < -0.39 is 6.04 Å². The molecule has 2 rings (SSSR count). The lowest BCUT2D eigenvalue weighted by Crippen LogP contribution is -2.43. The van der Waals surface area contributed by atoms with Gasteiger partial charge in [-0.05, 0) is 43.9 Å². The van der Waals surface area contributed by atoms with Crippen molar-refractivity contribution < 1.29 is 9.53 Å². The van der Waals surface area contributed by atoms with Gasteiger partial charge in [0, 0.05) is 0 Å². The van der Waals surface area contributed by atoms with Crippen LogP contribution in [0.3, 0.4) is 0 Å². The Morgan fingerprint density at radius 3 is 2.95 bits per heavy atom. The zero-order valence-electron chi connectivity index (χ0n) is 11.2. The van der Waals surface area contributed by atoms with Crippen LogP contribution in [-0.2, 0) is 11.2 Å². The molecular formula is C15H22N2O2.